The largest absolute Gasteiger partial charge is 0.351 e. The lowest BCUT2D eigenvalue weighted by Gasteiger charge is -2.11. The van der Waals surface area contributed by atoms with E-state index < -0.39 is 0 Å². The number of hydrogen-bond donors (Lipinski definition) is 2. The third-order valence-corrected chi connectivity index (χ3v) is 3.25. The fourth-order valence-corrected chi connectivity index (χ4v) is 2.14. The molecule has 116 valence electrons. The highest BCUT2D eigenvalue weighted by atomic mass is 16.1. The Morgan fingerprint density at radius 3 is 2.59 bits per heavy atom. The summed E-state index contributed by atoms with van der Waals surface area (Å²) >= 11 is 0. The molecule has 0 radical (unpaired) electrons. The first-order valence-corrected chi connectivity index (χ1v) is 7.47. The van der Waals surface area contributed by atoms with E-state index in [0.29, 0.717) is 18.2 Å². The number of nitrogens with zero attached hydrogens (tertiary/aromatic N) is 2. The minimum Gasteiger partial charge on any atom is -0.351 e. The van der Waals surface area contributed by atoms with Gasteiger partial charge in [0, 0.05) is 17.9 Å². The summed E-state index contributed by atoms with van der Waals surface area (Å²) in [5.74, 6) is 0.268. The molecule has 1 aromatic carbocycles. The molecule has 0 spiro atoms. The van der Waals surface area contributed by atoms with Gasteiger partial charge in [0.1, 0.15) is 5.69 Å². The third-order valence-electron chi connectivity index (χ3n) is 3.25. The Hall–Kier alpha value is -2.43. The van der Waals surface area contributed by atoms with Gasteiger partial charge in [0.15, 0.2) is 0 Å². The third kappa shape index (κ3) is 4.04. The van der Waals surface area contributed by atoms with Crippen molar-refractivity contribution in [3.05, 3.63) is 46.8 Å². The fourth-order valence-electron chi connectivity index (χ4n) is 2.14. The number of anilines is 2. The molecule has 5 nitrogen and oxygen atoms in total. The highest BCUT2D eigenvalue weighted by molar-refractivity contribution is 5.92. The molecule has 1 heterocycles. The first-order chi connectivity index (χ1) is 10.5. The van der Waals surface area contributed by atoms with Crippen molar-refractivity contribution in [2.75, 3.05) is 11.9 Å². The van der Waals surface area contributed by atoms with Crippen molar-refractivity contribution >= 4 is 17.5 Å². The minimum atomic E-state index is -0.170. The zero-order chi connectivity index (χ0) is 16.1. The van der Waals surface area contributed by atoms with Crippen LogP contribution in [-0.4, -0.2) is 22.4 Å². The first-order valence-electron chi connectivity index (χ1n) is 7.47. The molecule has 1 amide bonds. The van der Waals surface area contributed by atoms with Gasteiger partial charge in [0.2, 0.25) is 5.95 Å². The van der Waals surface area contributed by atoms with E-state index in [9.17, 15) is 4.79 Å². The summed E-state index contributed by atoms with van der Waals surface area (Å²) < 4.78 is 0. The van der Waals surface area contributed by atoms with Crippen molar-refractivity contribution in [3.63, 3.8) is 0 Å². The maximum Gasteiger partial charge on any atom is 0.270 e. The van der Waals surface area contributed by atoms with Gasteiger partial charge >= 0.3 is 0 Å². The van der Waals surface area contributed by atoms with Crippen molar-refractivity contribution < 1.29 is 4.79 Å². The van der Waals surface area contributed by atoms with Crippen LogP contribution in [0.1, 0.15) is 40.7 Å². The van der Waals surface area contributed by atoms with E-state index in [1.807, 2.05) is 32.9 Å². The zero-order valence-electron chi connectivity index (χ0n) is 13.5. The molecule has 2 rings (SSSR count). The molecular weight excluding hydrogens is 276 g/mol. The number of rotatable bonds is 5. The second-order valence-electron chi connectivity index (χ2n) is 5.42. The monoisotopic (exact) mass is 298 g/mol. The molecule has 0 saturated heterocycles. The number of nitrogens with one attached hydrogen (secondary N) is 2. The van der Waals surface area contributed by atoms with Gasteiger partial charge in [0.25, 0.3) is 5.91 Å². The highest BCUT2D eigenvalue weighted by Gasteiger charge is 2.10. The van der Waals surface area contributed by atoms with Crippen LogP contribution in [0, 0.1) is 20.8 Å². The van der Waals surface area contributed by atoms with Crippen LogP contribution in [-0.2, 0) is 0 Å². The SMILES string of the molecule is CCCNC(=O)c1cc(C)nc(Nc2ccc(C)cc2C)n1. The molecule has 0 atom stereocenters. The maximum absolute atomic E-state index is 12.0. The van der Waals surface area contributed by atoms with Gasteiger partial charge in [-0.3, -0.25) is 4.79 Å². The molecule has 0 bridgehead atoms. The van der Waals surface area contributed by atoms with Gasteiger partial charge < -0.3 is 10.6 Å². The molecule has 0 aliphatic rings. The minimum absolute atomic E-state index is 0.170. The Kier molecular flexibility index (Phi) is 5.09. The Balaban J connectivity index is 2.24. The van der Waals surface area contributed by atoms with Gasteiger partial charge in [-0.25, -0.2) is 9.97 Å². The van der Waals surface area contributed by atoms with E-state index in [1.54, 1.807) is 6.07 Å². The molecule has 2 N–H and O–H groups in total. The summed E-state index contributed by atoms with van der Waals surface area (Å²) in [6.07, 6.45) is 0.892. The van der Waals surface area contributed by atoms with Crippen LogP contribution in [0.15, 0.2) is 24.3 Å². The predicted octanol–water partition coefficient (Wildman–Crippen LogP) is 3.29. The van der Waals surface area contributed by atoms with E-state index in [-0.39, 0.29) is 5.91 Å². The number of aryl methyl sites for hydroxylation is 3. The molecule has 0 unspecified atom stereocenters. The van der Waals surface area contributed by atoms with E-state index in [0.717, 1.165) is 23.4 Å². The molecule has 2 aromatic rings. The molecule has 0 aliphatic carbocycles. The average molecular weight is 298 g/mol. The zero-order valence-corrected chi connectivity index (χ0v) is 13.5. The predicted molar refractivity (Wildman–Crippen MR) is 88.6 cm³/mol. The lowest BCUT2D eigenvalue weighted by atomic mass is 10.1. The number of aromatic nitrogens is 2. The molecule has 0 aliphatic heterocycles. The van der Waals surface area contributed by atoms with Gasteiger partial charge in [-0.2, -0.15) is 0 Å². The summed E-state index contributed by atoms with van der Waals surface area (Å²) in [5, 5.41) is 6.02. The number of amides is 1. The fraction of sp³-hybridized carbons (Fsp3) is 0.353. The van der Waals surface area contributed by atoms with Crippen LogP contribution < -0.4 is 10.6 Å². The number of carbonyl (C=O) groups excluding carboxylic acids is 1. The van der Waals surface area contributed by atoms with Crippen molar-refractivity contribution in [1.82, 2.24) is 15.3 Å². The molecule has 1 aromatic heterocycles. The van der Waals surface area contributed by atoms with Crippen LogP contribution in [0.25, 0.3) is 0 Å². The summed E-state index contributed by atoms with van der Waals surface area (Å²) in [6.45, 7) is 8.59. The van der Waals surface area contributed by atoms with Crippen molar-refractivity contribution in [2.24, 2.45) is 0 Å². The van der Waals surface area contributed by atoms with E-state index in [1.165, 1.54) is 5.56 Å². The van der Waals surface area contributed by atoms with Gasteiger partial charge in [-0.05, 0) is 44.9 Å². The van der Waals surface area contributed by atoms with Gasteiger partial charge in [0.05, 0.1) is 0 Å². The van der Waals surface area contributed by atoms with Gasteiger partial charge in [-0.1, -0.05) is 24.6 Å². The molecule has 0 fully saturated rings. The second kappa shape index (κ2) is 7.02. The Labute approximate surface area is 131 Å². The number of hydrogen-bond acceptors (Lipinski definition) is 4. The maximum atomic E-state index is 12.0. The highest BCUT2D eigenvalue weighted by Crippen LogP contribution is 2.19. The van der Waals surface area contributed by atoms with Crippen molar-refractivity contribution in [3.8, 4) is 0 Å². The first kappa shape index (κ1) is 15.9. The quantitative estimate of drug-likeness (QED) is 0.889. The Morgan fingerprint density at radius 1 is 1.14 bits per heavy atom. The number of benzene rings is 1. The lowest BCUT2D eigenvalue weighted by Crippen LogP contribution is -2.25. The average Bonchev–Trinajstić information content (AvgIpc) is 2.47. The van der Waals surface area contributed by atoms with E-state index in [2.05, 4.69) is 33.6 Å². The van der Waals surface area contributed by atoms with Crippen LogP contribution in [0.2, 0.25) is 0 Å². The summed E-state index contributed by atoms with van der Waals surface area (Å²) in [5.41, 5.74) is 4.39. The second-order valence-corrected chi connectivity index (χ2v) is 5.42. The summed E-state index contributed by atoms with van der Waals surface area (Å²) in [6, 6.07) is 7.80. The number of carbonyl (C=O) groups is 1. The summed E-state index contributed by atoms with van der Waals surface area (Å²) in [4.78, 5) is 20.7. The Bertz CT molecular complexity index is 682. The van der Waals surface area contributed by atoms with E-state index in [4.69, 9.17) is 0 Å². The van der Waals surface area contributed by atoms with Crippen molar-refractivity contribution in [1.29, 1.82) is 0 Å². The molecule has 5 heteroatoms. The smallest absolute Gasteiger partial charge is 0.270 e. The Morgan fingerprint density at radius 2 is 1.91 bits per heavy atom. The normalized spacial score (nSPS) is 10.4. The van der Waals surface area contributed by atoms with Crippen molar-refractivity contribution in [2.45, 2.75) is 34.1 Å². The van der Waals surface area contributed by atoms with Crippen LogP contribution in [0.5, 0.6) is 0 Å². The van der Waals surface area contributed by atoms with Crippen LogP contribution in [0.4, 0.5) is 11.6 Å². The molecular formula is C17H22N4O. The van der Waals surface area contributed by atoms with Crippen LogP contribution >= 0.6 is 0 Å². The van der Waals surface area contributed by atoms with Crippen LogP contribution in [0.3, 0.4) is 0 Å². The lowest BCUT2D eigenvalue weighted by molar-refractivity contribution is 0.0948. The summed E-state index contributed by atoms with van der Waals surface area (Å²) in [7, 11) is 0. The van der Waals surface area contributed by atoms with E-state index >= 15 is 0 Å². The standard InChI is InChI=1S/C17H22N4O/c1-5-8-18-16(22)15-10-13(4)19-17(21-15)20-14-7-6-11(2)9-12(14)3/h6-7,9-10H,5,8H2,1-4H3,(H,18,22)(H,19,20,21). The topological polar surface area (TPSA) is 66.9 Å². The molecule has 0 saturated carbocycles. The van der Waals surface area contributed by atoms with Gasteiger partial charge in [-0.15, -0.1) is 0 Å². The molecule has 22 heavy (non-hydrogen) atoms.